The highest BCUT2D eigenvalue weighted by Gasteiger charge is 2.30. The molecule has 0 bridgehead atoms. The van der Waals surface area contributed by atoms with Gasteiger partial charge in [0.25, 0.3) is 10.0 Å². The zero-order chi connectivity index (χ0) is 19.4. The molecule has 0 saturated heterocycles. The van der Waals surface area contributed by atoms with Gasteiger partial charge in [0.1, 0.15) is 5.75 Å². The van der Waals surface area contributed by atoms with Gasteiger partial charge < -0.3 is 4.74 Å². The van der Waals surface area contributed by atoms with Gasteiger partial charge in [-0.1, -0.05) is 48.0 Å². The molecule has 3 aromatic rings. The largest absolute Gasteiger partial charge is 0.497 e. The summed E-state index contributed by atoms with van der Waals surface area (Å²) >= 11 is 0. The Morgan fingerprint density at radius 1 is 0.852 bits per heavy atom. The second-order valence-electron chi connectivity index (χ2n) is 6.40. The lowest BCUT2D eigenvalue weighted by Gasteiger charge is -2.31. The zero-order valence-corrected chi connectivity index (χ0v) is 16.5. The van der Waals surface area contributed by atoms with E-state index in [0.29, 0.717) is 11.4 Å². The first-order valence-electron chi connectivity index (χ1n) is 8.73. The lowest BCUT2D eigenvalue weighted by Crippen LogP contribution is -2.33. The van der Waals surface area contributed by atoms with Crippen LogP contribution in [0.5, 0.6) is 5.75 Å². The normalized spacial score (nSPS) is 12.4. The van der Waals surface area contributed by atoms with E-state index < -0.39 is 10.0 Å². The van der Waals surface area contributed by atoms with Crippen LogP contribution in [0.3, 0.4) is 0 Å². The molecule has 0 aliphatic carbocycles. The molecular weight excluding hydrogens is 358 g/mol. The second-order valence-corrected chi connectivity index (χ2v) is 8.21. The van der Waals surface area contributed by atoms with Crippen LogP contribution in [0.4, 0.5) is 5.69 Å². The molecule has 0 saturated carbocycles. The van der Waals surface area contributed by atoms with E-state index >= 15 is 0 Å². The Bertz CT molecular complexity index is 982. The van der Waals surface area contributed by atoms with Gasteiger partial charge in [0.15, 0.2) is 0 Å². The van der Waals surface area contributed by atoms with Gasteiger partial charge in [-0.2, -0.15) is 0 Å². The first kappa shape index (κ1) is 19.0. The van der Waals surface area contributed by atoms with E-state index in [1.807, 2.05) is 38.1 Å². The van der Waals surface area contributed by atoms with Gasteiger partial charge in [-0.3, -0.25) is 4.31 Å². The highest BCUT2D eigenvalue weighted by atomic mass is 32.2. The van der Waals surface area contributed by atoms with E-state index in [1.54, 1.807) is 61.7 Å². The minimum Gasteiger partial charge on any atom is -0.497 e. The molecule has 0 aliphatic rings. The first-order chi connectivity index (χ1) is 12.9. The number of nitrogens with zero attached hydrogens (tertiary/aromatic N) is 1. The van der Waals surface area contributed by atoms with E-state index in [4.69, 9.17) is 4.74 Å². The van der Waals surface area contributed by atoms with Crippen LogP contribution in [-0.2, 0) is 10.0 Å². The van der Waals surface area contributed by atoms with E-state index in [2.05, 4.69) is 0 Å². The van der Waals surface area contributed by atoms with Gasteiger partial charge in [0, 0.05) is 0 Å². The average Bonchev–Trinajstić information content (AvgIpc) is 2.69. The quantitative estimate of drug-likeness (QED) is 0.606. The van der Waals surface area contributed by atoms with Crippen molar-refractivity contribution in [2.75, 3.05) is 11.4 Å². The number of anilines is 1. The molecule has 0 amide bonds. The van der Waals surface area contributed by atoms with Crippen molar-refractivity contribution >= 4 is 15.7 Å². The van der Waals surface area contributed by atoms with Gasteiger partial charge in [0.2, 0.25) is 0 Å². The topological polar surface area (TPSA) is 46.6 Å². The van der Waals surface area contributed by atoms with Crippen molar-refractivity contribution in [3.63, 3.8) is 0 Å². The smallest absolute Gasteiger partial charge is 0.264 e. The van der Waals surface area contributed by atoms with Crippen molar-refractivity contribution in [2.45, 2.75) is 24.8 Å². The molecule has 0 aromatic heterocycles. The third kappa shape index (κ3) is 3.98. The van der Waals surface area contributed by atoms with Gasteiger partial charge in [-0.25, -0.2) is 8.42 Å². The summed E-state index contributed by atoms with van der Waals surface area (Å²) in [5.41, 5.74) is 2.65. The van der Waals surface area contributed by atoms with Gasteiger partial charge in [-0.05, 0) is 55.8 Å². The lowest BCUT2D eigenvalue weighted by atomic mass is 10.1. The van der Waals surface area contributed by atoms with Crippen molar-refractivity contribution in [1.29, 1.82) is 0 Å². The molecule has 4 nitrogen and oxygen atoms in total. The van der Waals surface area contributed by atoms with Crippen molar-refractivity contribution in [3.8, 4) is 5.75 Å². The number of rotatable bonds is 6. The van der Waals surface area contributed by atoms with Crippen molar-refractivity contribution < 1.29 is 13.2 Å². The summed E-state index contributed by atoms with van der Waals surface area (Å²) in [5.74, 6) is 0.679. The number of sulfonamides is 1. The summed E-state index contributed by atoms with van der Waals surface area (Å²) < 4.78 is 33.6. The molecule has 140 valence electrons. The number of aryl methyl sites for hydroxylation is 1. The third-order valence-electron chi connectivity index (χ3n) is 4.54. The molecule has 0 aliphatic heterocycles. The van der Waals surface area contributed by atoms with Crippen LogP contribution in [-0.4, -0.2) is 15.5 Å². The number of hydrogen-bond donors (Lipinski definition) is 0. The summed E-state index contributed by atoms with van der Waals surface area (Å²) in [4.78, 5) is 0.264. The number of ether oxygens (including phenoxy) is 1. The molecule has 0 unspecified atom stereocenters. The Hall–Kier alpha value is -2.79. The molecule has 0 spiro atoms. The fraction of sp³-hybridized carbons (Fsp3) is 0.182. The number of hydrogen-bond acceptors (Lipinski definition) is 3. The summed E-state index contributed by atoms with van der Waals surface area (Å²) in [6, 6.07) is 23.1. The maximum Gasteiger partial charge on any atom is 0.264 e. The SMILES string of the molecule is COc1ccc(N([C@H](C)c2ccc(C)cc2)S(=O)(=O)c2ccccc2)cc1. The molecule has 0 heterocycles. The van der Waals surface area contributed by atoms with E-state index in [-0.39, 0.29) is 10.9 Å². The van der Waals surface area contributed by atoms with Crippen LogP contribution in [0.25, 0.3) is 0 Å². The Labute approximate surface area is 161 Å². The van der Waals surface area contributed by atoms with Crippen LogP contribution in [0.1, 0.15) is 24.1 Å². The molecule has 27 heavy (non-hydrogen) atoms. The van der Waals surface area contributed by atoms with E-state index in [9.17, 15) is 8.42 Å². The van der Waals surface area contributed by atoms with Crippen LogP contribution in [0, 0.1) is 6.92 Å². The molecule has 3 rings (SSSR count). The molecule has 5 heteroatoms. The van der Waals surface area contributed by atoms with Gasteiger partial charge >= 0.3 is 0 Å². The van der Waals surface area contributed by atoms with Crippen LogP contribution < -0.4 is 9.04 Å². The summed E-state index contributed by atoms with van der Waals surface area (Å²) in [6.07, 6.45) is 0. The van der Waals surface area contributed by atoms with Gasteiger partial charge in [0.05, 0.1) is 23.7 Å². The first-order valence-corrected chi connectivity index (χ1v) is 10.2. The monoisotopic (exact) mass is 381 g/mol. The van der Waals surface area contributed by atoms with Crippen LogP contribution in [0.2, 0.25) is 0 Å². The average molecular weight is 381 g/mol. The molecule has 0 N–H and O–H groups in total. The minimum atomic E-state index is -3.74. The molecular formula is C22H23NO3S. The Kier molecular flexibility index (Phi) is 5.51. The standard InChI is InChI=1S/C22H23NO3S/c1-17-9-11-19(12-10-17)18(2)23(20-13-15-21(26-3)16-14-20)27(24,25)22-7-5-4-6-8-22/h4-16,18H,1-3H3/t18-/m1/s1. The summed E-state index contributed by atoms with van der Waals surface area (Å²) in [6.45, 7) is 3.91. The Morgan fingerprint density at radius 2 is 1.44 bits per heavy atom. The van der Waals surface area contributed by atoms with Crippen LogP contribution in [0.15, 0.2) is 83.8 Å². The highest BCUT2D eigenvalue weighted by Crippen LogP contribution is 2.34. The zero-order valence-electron chi connectivity index (χ0n) is 15.7. The Morgan fingerprint density at radius 3 is 2.00 bits per heavy atom. The third-order valence-corrected chi connectivity index (χ3v) is 6.45. The Balaban J connectivity index is 2.12. The van der Waals surface area contributed by atoms with E-state index in [0.717, 1.165) is 11.1 Å². The van der Waals surface area contributed by atoms with E-state index in [1.165, 1.54) is 4.31 Å². The summed E-state index contributed by atoms with van der Waals surface area (Å²) in [7, 11) is -2.15. The van der Waals surface area contributed by atoms with Crippen LogP contribution >= 0.6 is 0 Å². The fourth-order valence-electron chi connectivity index (χ4n) is 2.99. The van der Waals surface area contributed by atoms with Crippen molar-refractivity contribution in [1.82, 2.24) is 0 Å². The predicted molar refractivity (Wildman–Crippen MR) is 109 cm³/mol. The maximum atomic E-state index is 13.5. The second kappa shape index (κ2) is 7.84. The molecule has 1 atom stereocenters. The fourth-order valence-corrected chi connectivity index (χ4v) is 4.65. The number of benzene rings is 3. The van der Waals surface area contributed by atoms with Gasteiger partial charge in [-0.15, -0.1) is 0 Å². The summed E-state index contributed by atoms with van der Waals surface area (Å²) in [5, 5.41) is 0. The predicted octanol–water partition coefficient (Wildman–Crippen LogP) is 4.96. The highest BCUT2D eigenvalue weighted by molar-refractivity contribution is 7.92. The number of methoxy groups -OCH3 is 1. The maximum absolute atomic E-state index is 13.5. The lowest BCUT2D eigenvalue weighted by molar-refractivity contribution is 0.415. The van der Waals surface area contributed by atoms with Crippen molar-refractivity contribution in [2.24, 2.45) is 0 Å². The molecule has 0 radical (unpaired) electrons. The molecule has 3 aromatic carbocycles. The molecule has 0 fully saturated rings. The van der Waals surface area contributed by atoms with Crippen molar-refractivity contribution in [3.05, 3.63) is 90.0 Å². The minimum absolute atomic E-state index is 0.264.